The first kappa shape index (κ1) is 12.7. The van der Waals surface area contributed by atoms with Crippen molar-refractivity contribution in [1.29, 1.82) is 0 Å². The highest BCUT2D eigenvalue weighted by Gasteiger charge is 2.31. The third kappa shape index (κ3) is 2.54. The van der Waals surface area contributed by atoms with Crippen molar-refractivity contribution >= 4 is 11.6 Å². The molecule has 1 aliphatic carbocycles. The van der Waals surface area contributed by atoms with Crippen molar-refractivity contribution in [2.24, 2.45) is 0 Å². The summed E-state index contributed by atoms with van der Waals surface area (Å²) in [5.41, 5.74) is 4.35. The van der Waals surface area contributed by atoms with Crippen LogP contribution < -0.4 is 5.32 Å². The molecule has 1 nitrogen and oxygen atoms in total. The highest BCUT2D eigenvalue weighted by atomic mass is 35.5. The zero-order valence-corrected chi connectivity index (χ0v) is 11.8. The summed E-state index contributed by atoms with van der Waals surface area (Å²) in [7, 11) is 2.06. The van der Waals surface area contributed by atoms with Gasteiger partial charge < -0.3 is 5.32 Å². The Hall–Kier alpha value is -1.31. The fourth-order valence-electron chi connectivity index (χ4n) is 2.98. The van der Waals surface area contributed by atoms with Crippen molar-refractivity contribution in [1.82, 2.24) is 5.32 Å². The van der Waals surface area contributed by atoms with Gasteiger partial charge >= 0.3 is 0 Å². The molecule has 19 heavy (non-hydrogen) atoms. The molecule has 1 N–H and O–H groups in total. The molecule has 98 valence electrons. The molecular weight excluding hydrogens is 254 g/mol. The Morgan fingerprint density at radius 1 is 1.16 bits per heavy atom. The van der Waals surface area contributed by atoms with Gasteiger partial charge in [-0.1, -0.05) is 48.0 Å². The minimum absolute atomic E-state index is 0.496. The zero-order chi connectivity index (χ0) is 13.2. The Morgan fingerprint density at radius 2 is 1.89 bits per heavy atom. The molecule has 0 saturated heterocycles. The molecule has 0 aliphatic heterocycles. The van der Waals surface area contributed by atoms with Gasteiger partial charge in [0.05, 0.1) is 0 Å². The molecule has 0 saturated carbocycles. The van der Waals surface area contributed by atoms with E-state index < -0.39 is 0 Å². The predicted molar refractivity (Wildman–Crippen MR) is 80.9 cm³/mol. The topological polar surface area (TPSA) is 12.0 Å². The number of rotatable bonds is 4. The molecule has 3 rings (SSSR count). The number of halogens is 1. The van der Waals surface area contributed by atoms with E-state index in [-0.39, 0.29) is 0 Å². The Labute approximate surface area is 119 Å². The number of hydrogen-bond acceptors (Lipinski definition) is 1. The molecule has 0 spiro atoms. The second-order valence-corrected chi connectivity index (χ2v) is 5.67. The van der Waals surface area contributed by atoms with Crippen molar-refractivity contribution < 1.29 is 0 Å². The van der Waals surface area contributed by atoms with Gasteiger partial charge in [-0.3, -0.25) is 0 Å². The lowest BCUT2D eigenvalue weighted by Crippen LogP contribution is -2.39. The van der Waals surface area contributed by atoms with Crippen molar-refractivity contribution in [3.63, 3.8) is 0 Å². The maximum atomic E-state index is 5.93. The van der Waals surface area contributed by atoms with E-state index in [1.807, 2.05) is 12.1 Å². The monoisotopic (exact) mass is 271 g/mol. The van der Waals surface area contributed by atoms with Crippen molar-refractivity contribution in [2.45, 2.75) is 24.8 Å². The molecule has 2 unspecified atom stereocenters. The first-order valence-corrected chi connectivity index (χ1v) is 7.15. The van der Waals surface area contributed by atoms with Gasteiger partial charge in [-0.2, -0.15) is 0 Å². The molecule has 2 heteroatoms. The number of nitrogens with one attached hydrogen (secondary N) is 1. The Bertz CT molecular complexity index is 562. The second kappa shape index (κ2) is 5.36. The SMILES string of the molecule is CNC(Cc1ccc(Cl)cc1)C1Cc2ccccc21. The average molecular weight is 272 g/mol. The summed E-state index contributed by atoms with van der Waals surface area (Å²) in [6, 6.07) is 17.4. The fourth-order valence-corrected chi connectivity index (χ4v) is 3.10. The highest BCUT2D eigenvalue weighted by Crippen LogP contribution is 2.38. The van der Waals surface area contributed by atoms with Crippen LogP contribution in [0.3, 0.4) is 0 Å². The van der Waals surface area contributed by atoms with Gasteiger partial charge in [0.2, 0.25) is 0 Å². The van der Waals surface area contributed by atoms with Gasteiger partial charge in [0.15, 0.2) is 0 Å². The zero-order valence-electron chi connectivity index (χ0n) is 11.1. The molecular formula is C17H18ClN. The predicted octanol–water partition coefficient (Wildman–Crippen LogP) is 3.81. The van der Waals surface area contributed by atoms with E-state index in [2.05, 4.69) is 48.8 Å². The molecule has 1 aliphatic rings. The van der Waals surface area contributed by atoms with E-state index in [9.17, 15) is 0 Å². The summed E-state index contributed by atoms with van der Waals surface area (Å²) in [6.07, 6.45) is 2.24. The molecule has 2 atom stereocenters. The number of fused-ring (bicyclic) bond motifs is 1. The van der Waals surface area contributed by atoms with Crippen LogP contribution in [-0.2, 0) is 12.8 Å². The normalized spacial score (nSPS) is 18.5. The van der Waals surface area contributed by atoms with Crippen molar-refractivity contribution in [3.05, 3.63) is 70.2 Å². The van der Waals surface area contributed by atoms with Crippen LogP contribution in [0.25, 0.3) is 0 Å². The Morgan fingerprint density at radius 3 is 2.58 bits per heavy atom. The third-order valence-electron chi connectivity index (χ3n) is 4.12. The van der Waals surface area contributed by atoms with Crippen LogP contribution in [0.4, 0.5) is 0 Å². The largest absolute Gasteiger partial charge is 0.316 e. The van der Waals surface area contributed by atoms with Crippen LogP contribution in [0.15, 0.2) is 48.5 Å². The molecule has 0 radical (unpaired) electrons. The van der Waals surface area contributed by atoms with E-state index in [4.69, 9.17) is 11.6 Å². The van der Waals surface area contributed by atoms with Gasteiger partial charge in [0.1, 0.15) is 0 Å². The lowest BCUT2D eigenvalue weighted by atomic mass is 9.72. The highest BCUT2D eigenvalue weighted by molar-refractivity contribution is 6.30. The summed E-state index contributed by atoms with van der Waals surface area (Å²) in [5.74, 6) is 0.636. The van der Waals surface area contributed by atoms with Crippen LogP contribution >= 0.6 is 11.6 Å². The van der Waals surface area contributed by atoms with E-state index in [0.717, 1.165) is 11.4 Å². The number of benzene rings is 2. The number of likely N-dealkylation sites (N-methyl/N-ethyl adjacent to an activating group) is 1. The molecule has 0 heterocycles. The standard InChI is InChI=1S/C17H18ClN/c1-19-17(10-12-6-8-14(18)9-7-12)16-11-13-4-2-3-5-15(13)16/h2-9,16-17,19H,10-11H2,1H3. The minimum Gasteiger partial charge on any atom is -0.316 e. The minimum atomic E-state index is 0.496. The van der Waals surface area contributed by atoms with Crippen molar-refractivity contribution in [3.8, 4) is 0 Å². The molecule has 0 fully saturated rings. The maximum absolute atomic E-state index is 5.93. The molecule has 2 aromatic carbocycles. The molecule has 0 amide bonds. The quantitative estimate of drug-likeness (QED) is 0.892. The average Bonchev–Trinajstić information content (AvgIpc) is 2.41. The maximum Gasteiger partial charge on any atom is 0.0406 e. The van der Waals surface area contributed by atoms with Gasteiger partial charge in [-0.15, -0.1) is 0 Å². The van der Waals surface area contributed by atoms with Crippen LogP contribution in [0, 0.1) is 0 Å². The summed E-state index contributed by atoms with van der Waals surface area (Å²) in [4.78, 5) is 0. The summed E-state index contributed by atoms with van der Waals surface area (Å²) < 4.78 is 0. The molecule has 0 bridgehead atoms. The van der Waals surface area contributed by atoms with Crippen molar-refractivity contribution in [2.75, 3.05) is 7.05 Å². The molecule has 0 aromatic heterocycles. The number of hydrogen-bond donors (Lipinski definition) is 1. The lowest BCUT2D eigenvalue weighted by molar-refractivity contribution is 0.422. The first-order valence-electron chi connectivity index (χ1n) is 6.77. The van der Waals surface area contributed by atoms with Gasteiger partial charge in [-0.05, 0) is 48.7 Å². The third-order valence-corrected chi connectivity index (χ3v) is 4.37. The van der Waals surface area contributed by atoms with Crippen LogP contribution in [0.1, 0.15) is 22.6 Å². The first-order chi connectivity index (χ1) is 9.28. The van der Waals surface area contributed by atoms with Gasteiger partial charge in [0.25, 0.3) is 0 Å². The van der Waals surface area contributed by atoms with Crippen LogP contribution in [0.5, 0.6) is 0 Å². The second-order valence-electron chi connectivity index (χ2n) is 5.24. The fraction of sp³-hybridized carbons (Fsp3) is 0.294. The Kier molecular flexibility index (Phi) is 3.58. The van der Waals surface area contributed by atoms with Gasteiger partial charge in [0, 0.05) is 17.0 Å². The van der Waals surface area contributed by atoms with E-state index >= 15 is 0 Å². The summed E-state index contributed by atoms with van der Waals surface area (Å²) in [6.45, 7) is 0. The summed E-state index contributed by atoms with van der Waals surface area (Å²) in [5, 5.41) is 4.28. The van der Waals surface area contributed by atoms with Gasteiger partial charge in [-0.25, -0.2) is 0 Å². The van der Waals surface area contributed by atoms with E-state index in [1.165, 1.54) is 23.1 Å². The van der Waals surface area contributed by atoms with Crippen LogP contribution in [-0.4, -0.2) is 13.1 Å². The van der Waals surface area contributed by atoms with E-state index in [0.29, 0.717) is 12.0 Å². The summed E-state index contributed by atoms with van der Waals surface area (Å²) >= 11 is 5.93. The lowest BCUT2D eigenvalue weighted by Gasteiger charge is -2.36. The smallest absolute Gasteiger partial charge is 0.0406 e. The molecule has 2 aromatic rings. The van der Waals surface area contributed by atoms with Crippen LogP contribution in [0.2, 0.25) is 5.02 Å². The Balaban J connectivity index is 1.74. The van der Waals surface area contributed by atoms with E-state index in [1.54, 1.807) is 0 Å².